The fourth-order valence-electron chi connectivity index (χ4n) is 4.79. The summed E-state index contributed by atoms with van der Waals surface area (Å²) in [7, 11) is 0. The Morgan fingerprint density at radius 1 is 1.05 bits per heavy atom. The molecule has 1 aliphatic rings. The molecule has 0 spiro atoms. The lowest BCUT2D eigenvalue weighted by Gasteiger charge is -2.26. The third-order valence-electron chi connectivity index (χ3n) is 7.05. The number of carboxylic acids is 1. The van der Waals surface area contributed by atoms with E-state index >= 15 is 0 Å². The summed E-state index contributed by atoms with van der Waals surface area (Å²) in [4.78, 5) is 40.9. The molecule has 1 fully saturated rings. The Morgan fingerprint density at radius 3 is 2.24 bits per heavy atom. The van der Waals surface area contributed by atoms with E-state index < -0.39 is 23.6 Å². The number of carbonyl (C=O) groups is 3. The third kappa shape index (κ3) is 6.90. The molecule has 0 bridgehead atoms. The second kappa shape index (κ2) is 12.7. The number of unbranched alkanes of at least 4 members (excludes halogenated alkanes) is 2. The van der Waals surface area contributed by atoms with Gasteiger partial charge in [-0.2, -0.15) is 0 Å². The van der Waals surface area contributed by atoms with E-state index in [9.17, 15) is 19.5 Å². The van der Waals surface area contributed by atoms with Crippen LogP contribution in [0.5, 0.6) is 5.75 Å². The van der Waals surface area contributed by atoms with E-state index in [0.29, 0.717) is 24.5 Å². The van der Waals surface area contributed by atoms with Gasteiger partial charge in [-0.3, -0.25) is 4.79 Å². The van der Waals surface area contributed by atoms with Crippen LogP contribution in [0.25, 0.3) is 0 Å². The number of carbonyl (C=O) groups excluding carboxylic acids is 2. The van der Waals surface area contributed by atoms with Crippen LogP contribution in [0.1, 0.15) is 73.0 Å². The Balaban J connectivity index is 1.92. The van der Waals surface area contributed by atoms with E-state index in [1.165, 1.54) is 13.8 Å². The maximum absolute atomic E-state index is 13.7. The SMILES string of the molecule is CCCCCOC(=O)N1C[C@@H](C(=O)c2ccc(SC)cc2)[C@H](c2cc(C)c(OC(C)(C)C(=O)O)c(C)c2)C1. The van der Waals surface area contributed by atoms with Gasteiger partial charge in [0.25, 0.3) is 0 Å². The van der Waals surface area contributed by atoms with Crippen LogP contribution in [0, 0.1) is 19.8 Å². The average molecular weight is 542 g/mol. The van der Waals surface area contributed by atoms with Crippen LogP contribution in [0.2, 0.25) is 0 Å². The molecule has 1 heterocycles. The Morgan fingerprint density at radius 2 is 1.68 bits per heavy atom. The van der Waals surface area contributed by atoms with Crippen molar-refractivity contribution < 1.29 is 29.0 Å². The molecule has 0 unspecified atom stereocenters. The molecular formula is C30H39NO6S. The van der Waals surface area contributed by atoms with Gasteiger partial charge < -0.3 is 19.5 Å². The highest BCUT2D eigenvalue weighted by Crippen LogP contribution is 2.39. The standard InChI is InChI=1S/C30H39NO6S/c1-7-8-9-14-36-29(35)31-17-24(25(18-31)26(32)21-10-12-23(38-6)13-11-21)22-15-19(2)27(20(3)16-22)37-30(4,5)28(33)34/h10-13,15-16,24-25H,7-9,14,17-18H2,1-6H3,(H,33,34)/t24-,25+/m0/s1. The first-order chi connectivity index (χ1) is 18.0. The highest BCUT2D eigenvalue weighted by molar-refractivity contribution is 7.98. The molecular weight excluding hydrogens is 502 g/mol. The average Bonchev–Trinajstić information content (AvgIpc) is 3.34. The molecule has 3 rings (SSSR count). The zero-order valence-electron chi connectivity index (χ0n) is 23.2. The van der Waals surface area contributed by atoms with Crippen LogP contribution < -0.4 is 4.74 Å². The summed E-state index contributed by atoms with van der Waals surface area (Å²) in [5.41, 5.74) is 1.72. The summed E-state index contributed by atoms with van der Waals surface area (Å²) in [6, 6.07) is 11.4. The van der Waals surface area contributed by atoms with Crippen LogP contribution in [0.3, 0.4) is 0 Å². The van der Waals surface area contributed by atoms with Gasteiger partial charge in [-0.25, -0.2) is 9.59 Å². The highest BCUT2D eigenvalue weighted by atomic mass is 32.2. The molecule has 1 aliphatic heterocycles. The molecule has 0 radical (unpaired) electrons. The predicted octanol–water partition coefficient (Wildman–Crippen LogP) is 6.49. The van der Waals surface area contributed by atoms with Gasteiger partial charge in [-0.05, 0) is 69.2 Å². The molecule has 1 N–H and O–H groups in total. The van der Waals surface area contributed by atoms with Crippen molar-refractivity contribution in [3.05, 3.63) is 58.7 Å². The van der Waals surface area contributed by atoms with Crippen molar-refractivity contribution in [3.63, 3.8) is 0 Å². The lowest BCUT2D eigenvalue weighted by atomic mass is 9.82. The van der Waals surface area contributed by atoms with E-state index in [-0.39, 0.29) is 18.2 Å². The number of nitrogens with zero attached hydrogens (tertiary/aromatic N) is 1. The van der Waals surface area contributed by atoms with E-state index in [4.69, 9.17) is 9.47 Å². The molecule has 2 aromatic rings. The van der Waals surface area contributed by atoms with E-state index in [1.807, 2.05) is 56.5 Å². The van der Waals surface area contributed by atoms with Crippen molar-refractivity contribution in [1.29, 1.82) is 0 Å². The molecule has 8 heteroatoms. The highest BCUT2D eigenvalue weighted by Gasteiger charge is 2.41. The fourth-order valence-corrected chi connectivity index (χ4v) is 5.19. The second-order valence-electron chi connectivity index (χ2n) is 10.4. The number of likely N-dealkylation sites (tertiary alicyclic amines) is 1. The van der Waals surface area contributed by atoms with Crippen LogP contribution in [0.15, 0.2) is 41.3 Å². The van der Waals surface area contributed by atoms with Crippen molar-refractivity contribution >= 4 is 29.6 Å². The lowest BCUT2D eigenvalue weighted by molar-refractivity contribution is -0.152. The number of hydrogen-bond acceptors (Lipinski definition) is 6. The van der Waals surface area contributed by atoms with Gasteiger partial charge in [0.1, 0.15) is 5.75 Å². The predicted molar refractivity (Wildman–Crippen MR) is 149 cm³/mol. The minimum atomic E-state index is -1.38. The minimum absolute atomic E-state index is 0.00780. The molecule has 0 aromatic heterocycles. The normalized spacial score (nSPS) is 17.4. The monoisotopic (exact) mass is 541 g/mol. The van der Waals surface area contributed by atoms with Gasteiger partial charge in [0.15, 0.2) is 11.4 Å². The van der Waals surface area contributed by atoms with Crippen molar-refractivity contribution in [1.82, 2.24) is 4.90 Å². The number of rotatable bonds is 11. The summed E-state index contributed by atoms with van der Waals surface area (Å²) in [5, 5.41) is 9.51. The molecule has 2 aromatic carbocycles. The molecule has 206 valence electrons. The van der Waals surface area contributed by atoms with Crippen LogP contribution in [-0.4, -0.2) is 59.4 Å². The van der Waals surface area contributed by atoms with Gasteiger partial charge in [0.2, 0.25) is 0 Å². The van der Waals surface area contributed by atoms with Crippen LogP contribution in [-0.2, 0) is 9.53 Å². The molecule has 0 aliphatic carbocycles. The molecule has 1 amide bonds. The summed E-state index contributed by atoms with van der Waals surface area (Å²) >= 11 is 1.61. The summed E-state index contributed by atoms with van der Waals surface area (Å²) < 4.78 is 11.4. The third-order valence-corrected chi connectivity index (χ3v) is 7.79. The molecule has 2 atom stereocenters. The Hall–Kier alpha value is -3.00. The number of aryl methyl sites for hydroxylation is 2. The first-order valence-corrected chi connectivity index (χ1v) is 14.3. The quantitative estimate of drug-likeness (QED) is 0.197. The molecule has 0 saturated carbocycles. The summed E-state index contributed by atoms with van der Waals surface area (Å²) in [5.74, 6) is -1.21. The van der Waals surface area contributed by atoms with Crippen LogP contribution in [0.4, 0.5) is 4.79 Å². The molecule has 7 nitrogen and oxygen atoms in total. The van der Waals surface area contributed by atoms with Gasteiger partial charge >= 0.3 is 12.1 Å². The maximum Gasteiger partial charge on any atom is 0.409 e. The van der Waals surface area contributed by atoms with Crippen molar-refractivity contribution in [2.75, 3.05) is 26.0 Å². The van der Waals surface area contributed by atoms with Crippen molar-refractivity contribution in [3.8, 4) is 5.75 Å². The van der Waals surface area contributed by atoms with Gasteiger partial charge in [-0.15, -0.1) is 11.8 Å². The first kappa shape index (κ1) is 29.6. The van der Waals surface area contributed by atoms with Crippen LogP contribution >= 0.6 is 11.8 Å². The minimum Gasteiger partial charge on any atom is -0.478 e. The Labute approximate surface area is 229 Å². The van der Waals surface area contributed by atoms with E-state index in [0.717, 1.165) is 40.8 Å². The molecule has 1 saturated heterocycles. The number of amides is 1. The number of thioether (sulfide) groups is 1. The first-order valence-electron chi connectivity index (χ1n) is 13.1. The number of ketones is 1. The zero-order valence-corrected chi connectivity index (χ0v) is 24.0. The molecule has 38 heavy (non-hydrogen) atoms. The van der Waals surface area contributed by atoms with Crippen molar-refractivity contribution in [2.24, 2.45) is 5.92 Å². The second-order valence-corrected chi connectivity index (χ2v) is 11.3. The Kier molecular flexibility index (Phi) is 9.88. The van der Waals surface area contributed by atoms with Gasteiger partial charge in [0.05, 0.1) is 6.61 Å². The fraction of sp³-hybridized carbons (Fsp3) is 0.500. The van der Waals surface area contributed by atoms with Crippen molar-refractivity contribution in [2.45, 2.75) is 70.3 Å². The smallest absolute Gasteiger partial charge is 0.409 e. The van der Waals surface area contributed by atoms with E-state index in [2.05, 4.69) is 6.92 Å². The van der Waals surface area contributed by atoms with E-state index in [1.54, 1.807) is 16.7 Å². The number of carboxylic acid groups (broad SMARTS) is 1. The summed E-state index contributed by atoms with van der Waals surface area (Å²) in [6.45, 7) is 9.88. The largest absolute Gasteiger partial charge is 0.478 e. The van der Waals surface area contributed by atoms with Gasteiger partial charge in [-0.1, -0.05) is 44.0 Å². The summed E-state index contributed by atoms with van der Waals surface area (Å²) in [6.07, 6.45) is 4.45. The number of benzene rings is 2. The number of aliphatic carboxylic acids is 1. The number of hydrogen-bond donors (Lipinski definition) is 1. The number of Topliss-reactive ketones (excluding diaryl/α,β-unsaturated/α-hetero) is 1. The lowest BCUT2D eigenvalue weighted by Crippen LogP contribution is -2.38. The maximum atomic E-state index is 13.7. The van der Waals surface area contributed by atoms with Gasteiger partial charge in [0, 0.05) is 35.4 Å². The Bertz CT molecular complexity index is 1140. The topological polar surface area (TPSA) is 93.1 Å². The number of ether oxygens (including phenoxy) is 2. The zero-order chi connectivity index (χ0) is 28.0.